The lowest BCUT2D eigenvalue weighted by atomic mass is 9.89. The van der Waals surface area contributed by atoms with Crippen LogP contribution in [-0.2, 0) is 16.9 Å². The molecule has 1 heterocycles. The predicted molar refractivity (Wildman–Crippen MR) is 84.2 cm³/mol. The van der Waals surface area contributed by atoms with E-state index in [-0.39, 0.29) is 12.3 Å². The van der Waals surface area contributed by atoms with E-state index in [1.807, 2.05) is 6.07 Å². The van der Waals surface area contributed by atoms with Crippen LogP contribution in [0.2, 0.25) is 5.02 Å². The first-order chi connectivity index (χ1) is 9.97. The molecule has 1 unspecified atom stereocenters. The fraction of sp³-hybridized carbons (Fsp3) is 0.333. The van der Waals surface area contributed by atoms with Crippen LogP contribution < -0.4 is 0 Å². The van der Waals surface area contributed by atoms with E-state index in [9.17, 15) is 9.90 Å². The number of benzene rings is 1. The molecule has 0 aliphatic carbocycles. The number of aliphatic hydroxyl groups is 1. The van der Waals surface area contributed by atoms with Gasteiger partial charge in [-0.15, -0.1) is 0 Å². The van der Waals surface area contributed by atoms with Crippen LogP contribution >= 0.6 is 23.1 Å². The van der Waals surface area contributed by atoms with Crippen LogP contribution in [0.5, 0.6) is 0 Å². The van der Waals surface area contributed by atoms with Crippen LogP contribution in [0.25, 0.3) is 0 Å². The summed E-state index contributed by atoms with van der Waals surface area (Å²) in [6, 6.07) is 8.65. The highest BCUT2D eigenvalue weighted by atomic mass is 35.5. The molecule has 0 spiro atoms. The minimum Gasteiger partial charge on any atom is -0.375 e. The van der Waals surface area contributed by atoms with E-state index >= 15 is 0 Å². The summed E-state index contributed by atoms with van der Waals surface area (Å²) in [5.74, 6) is -0.347. The van der Waals surface area contributed by atoms with Gasteiger partial charge in [-0.3, -0.25) is 4.79 Å². The van der Waals surface area contributed by atoms with Crippen molar-refractivity contribution >= 4 is 29.0 Å². The van der Waals surface area contributed by atoms with Crippen LogP contribution in [0.15, 0.2) is 36.5 Å². The number of aromatic nitrogens is 1. The third-order valence-corrected chi connectivity index (χ3v) is 4.36. The van der Waals surface area contributed by atoms with Crippen LogP contribution in [-0.4, -0.2) is 27.3 Å². The predicted octanol–water partition coefficient (Wildman–Crippen LogP) is 3.05. The standard InChI is InChI=1S/C15H17ClN2O2S/c1-3-15(20,11-5-4-6-12(16)9-11)14(19)18(2)10-13-7-8-17-21-13/h4-9,20H,3,10H2,1-2H3. The summed E-state index contributed by atoms with van der Waals surface area (Å²) in [6.45, 7) is 2.20. The van der Waals surface area contributed by atoms with E-state index in [1.165, 1.54) is 16.4 Å². The van der Waals surface area contributed by atoms with Crippen LogP contribution in [0, 0.1) is 0 Å². The van der Waals surface area contributed by atoms with E-state index in [1.54, 1.807) is 44.4 Å². The zero-order valence-electron chi connectivity index (χ0n) is 11.9. The van der Waals surface area contributed by atoms with Gasteiger partial charge in [0.1, 0.15) is 0 Å². The third kappa shape index (κ3) is 3.43. The van der Waals surface area contributed by atoms with Gasteiger partial charge in [-0.25, -0.2) is 4.37 Å². The van der Waals surface area contributed by atoms with Crippen molar-refractivity contribution in [1.29, 1.82) is 0 Å². The second-order valence-corrected chi connectivity index (χ2v) is 6.22. The Morgan fingerprint density at radius 2 is 2.24 bits per heavy atom. The minimum absolute atomic E-state index is 0.277. The quantitative estimate of drug-likeness (QED) is 0.919. The average molecular weight is 325 g/mol. The number of carbonyl (C=O) groups excluding carboxylic acids is 1. The normalized spacial score (nSPS) is 13.7. The molecule has 0 fully saturated rings. The smallest absolute Gasteiger partial charge is 0.259 e. The van der Waals surface area contributed by atoms with Crippen molar-refractivity contribution in [3.8, 4) is 0 Å². The number of carbonyl (C=O) groups is 1. The summed E-state index contributed by atoms with van der Waals surface area (Å²) < 4.78 is 4.01. The average Bonchev–Trinajstić information content (AvgIpc) is 2.98. The Kier molecular flexibility index (Phi) is 4.98. The fourth-order valence-corrected chi connectivity index (χ4v) is 2.99. The highest BCUT2D eigenvalue weighted by molar-refractivity contribution is 7.05. The summed E-state index contributed by atoms with van der Waals surface area (Å²) >= 11 is 7.30. The highest BCUT2D eigenvalue weighted by Gasteiger charge is 2.38. The van der Waals surface area contributed by atoms with Crippen molar-refractivity contribution in [3.63, 3.8) is 0 Å². The van der Waals surface area contributed by atoms with Gasteiger partial charge in [0.15, 0.2) is 5.60 Å². The zero-order valence-corrected chi connectivity index (χ0v) is 13.5. The summed E-state index contributed by atoms with van der Waals surface area (Å²) in [5.41, 5.74) is -1.05. The van der Waals surface area contributed by atoms with E-state index in [0.717, 1.165) is 4.88 Å². The Morgan fingerprint density at radius 1 is 1.48 bits per heavy atom. The van der Waals surface area contributed by atoms with Gasteiger partial charge < -0.3 is 10.0 Å². The Bertz CT molecular complexity index is 618. The molecule has 0 radical (unpaired) electrons. The number of likely N-dealkylation sites (N-methyl/N-ethyl adjacent to an activating group) is 1. The van der Waals surface area contributed by atoms with Gasteiger partial charge in [0.25, 0.3) is 5.91 Å². The van der Waals surface area contributed by atoms with Crippen molar-refractivity contribution in [1.82, 2.24) is 9.27 Å². The first-order valence-corrected chi connectivity index (χ1v) is 7.76. The van der Waals surface area contributed by atoms with Gasteiger partial charge in [-0.1, -0.05) is 30.7 Å². The molecule has 1 aromatic heterocycles. The number of hydrogen-bond acceptors (Lipinski definition) is 4. The topological polar surface area (TPSA) is 53.4 Å². The molecule has 1 aromatic carbocycles. The molecule has 21 heavy (non-hydrogen) atoms. The minimum atomic E-state index is -1.57. The first-order valence-electron chi connectivity index (χ1n) is 6.61. The molecule has 0 aliphatic heterocycles. The molecule has 1 amide bonds. The summed E-state index contributed by atoms with van der Waals surface area (Å²) in [7, 11) is 1.67. The Morgan fingerprint density at radius 3 is 2.81 bits per heavy atom. The SMILES string of the molecule is CCC(O)(C(=O)N(C)Cc1ccns1)c1cccc(Cl)c1. The molecule has 0 saturated carbocycles. The lowest BCUT2D eigenvalue weighted by Gasteiger charge is -2.30. The zero-order chi connectivity index (χ0) is 15.5. The summed E-state index contributed by atoms with van der Waals surface area (Å²) in [5, 5.41) is 11.3. The molecule has 6 heteroatoms. The maximum absolute atomic E-state index is 12.7. The number of halogens is 1. The largest absolute Gasteiger partial charge is 0.375 e. The maximum atomic E-state index is 12.7. The molecular formula is C15H17ClN2O2S. The second-order valence-electron chi connectivity index (χ2n) is 4.86. The molecule has 4 nitrogen and oxygen atoms in total. The number of hydrogen-bond donors (Lipinski definition) is 1. The second kappa shape index (κ2) is 6.56. The Balaban J connectivity index is 2.24. The van der Waals surface area contributed by atoms with Crippen molar-refractivity contribution in [2.24, 2.45) is 0 Å². The van der Waals surface area contributed by atoms with E-state index in [0.29, 0.717) is 17.1 Å². The third-order valence-electron chi connectivity index (χ3n) is 3.40. The van der Waals surface area contributed by atoms with Crippen LogP contribution in [0.1, 0.15) is 23.8 Å². The molecular weight excluding hydrogens is 308 g/mol. The van der Waals surface area contributed by atoms with Crippen molar-refractivity contribution in [2.75, 3.05) is 7.05 Å². The van der Waals surface area contributed by atoms with Crippen LogP contribution in [0.3, 0.4) is 0 Å². The first kappa shape index (κ1) is 15.9. The van der Waals surface area contributed by atoms with E-state index < -0.39 is 5.60 Å². The van der Waals surface area contributed by atoms with Crippen molar-refractivity contribution in [2.45, 2.75) is 25.5 Å². The number of amides is 1. The molecule has 1 N–H and O–H groups in total. The monoisotopic (exact) mass is 324 g/mol. The summed E-state index contributed by atoms with van der Waals surface area (Å²) in [4.78, 5) is 15.1. The van der Waals surface area contributed by atoms with Gasteiger partial charge in [0.05, 0.1) is 6.54 Å². The van der Waals surface area contributed by atoms with E-state index in [2.05, 4.69) is 4.37 Å². The van der Waals surface area contributed by atoms with Gasteiger partial charge in [0.2, 0.25) is 0 Å². The van der Waals surface area contributed by atoms with E-state index in [4.69, 9.17) is 11.6 Å². The van der Waals surface area contributed by atoms with Crippen molar-refractivity contribution < 1.29 is 9.90 Å². The molecule has 1 atom stereocenters. The lowest BCUT2D eigenvalue weighted by molar-refractivity contribution is -0.152. The molecule has 2 rings (SSSR count). The van der Waals surface area contributed by atoms with Gasteiger partial charge >= 0.3 is 0 Å². The van der Waals surface area contributed by atoms with Gasteiger partial charge in [-0.2, -0.15) is 0 Å². The number of rotatable bonds is 5. The van der Waals surface area contributed by atoms with Crippen LogP contribution in [0.4, 0.5) is 0 Å². The molecule has 0 aliphatic rings. The Labute approximate surface area is 133 Å². The maximum Gasteiger partial charge on any atom is 0.259 e. The molecule has 112 valence electrons. The highest BCUT2D eigenvalue weighted by Crippen LogP contribution is 2.29. The lowest BCUT2D eigenvalue weighted by Crippen LogP contribution is -2.44. The fourth-order valence-electron chi connectivity index (χ4n) is 2.17. The Hall–Kier alpha value is -1.43. The van der Waals surface area contributed by atoms with Crippen molar-refractivity contribution in [3.05, 3.63) is 52.0 Å². The molecule has 0 bridgehead atoms. The van der Waals surface area contributed by atoms with Gasteiger partial charge in [-0.05, 0) is 41.7 Å². The summed E-state index contributed by atoms with van der Waals surface area (Å²) in [6.07, 6.45) is 1.97. The van der Waals surface area contributed by atoms with Gasteiger partial charge in [0, 0.05) is 23.1 Å². The molecule has 0 saturated heterocycles. The number of nitrogens with zero attached hydrogens (tertiary/aromatic N) is 2. The molecule has 2 aromatic rings.